The predicted molar refractivity (Wildman–Crippen MR) is 94.5 cm³/mol. The molecule has 1 saturated heterocycles. The molecular weight excluding hydrogens is 358 g/mol. The van der Waals surface area contributed by atoms with E-state index >= 15 is 0 Å². The van der Waals surface area contributed by atoms with Crippen molar-refractivity contribution in [1.82, 2.24) is 14.9 Å². The van der Waals surface area contributed by atoms with Crippen LogP contribution in [0.4, 0.5) is 0 Å². The Balaban J connectivity index is 1.75. The number of benzene rings is 1. The molecule has 142 valence electrons. The lowest BCUT2D eigenvalue weighted by Crippen LogP contribution is -2.38. The van der Waals surface area contributed by atoms with Gasteiger partial charge in [-0.25, -0.2) is 12.7 Å². The molecule has 1 fully saturated rings. The molecule has 0 radical (unpaired) electrons. The van der Waals surface area contributed by atoms with E-state index in [2.05, 4.69) is 10.6 Å². The number of piperidine rings is 1. The zero-order chi connectivity index (χ0) is 18.7. The van der Waals surface area contributed by atoms with E-state index in [9.17, 15) is 18.0 Å². The summed E-state index contributed by atoms with van der Waals surface area (Å²) in [6.07, 6.45) is 2.13. The summed E-state index contributed by atoms with van der Waals surface area (Å²) in [7, 11) is -2.51. The van der Waals surface area contributed by atoms with Crippen LogP contribution in [0.2, 0.25) is 0 Å². The molecule has 1 aromatic rings. The fraction of sp³-hybridized carbons (Fsp3) is 0.529. The highest BCUT2D eigenvalue weighted by Gasteiger charge is 2.41. The lowest BCUT2D eigenvalue weighted by molar-refractivity contribution is 0.0835. The topological polar surface area (TPSA) is 105 Å². The van der Waals surface area contributed by atoms with E-state index in [1.807, 2.05) is 0 Å². The van der Waals surface area contributed by atoms with Crippen molar-refractivity contribution in [3.63, 3.8) is 0 Å². The second-order valence-electron chi connectivity index (χ2n) is 6.51. The number of amides is 2. The molecule has 1 aromatic carbocycles. The summed E-state index contributed by atoms with van der Waals surface area (Å²) in [5.74, 6) is -0.550. The molecule has 2 amide bonds. The van der Waals surface area contributed by atoms with E-state index in [4.69, 9.17) is 4.74 Å². The minimum absolute atomic E-state index is 0.0530. The van der Waals surface area contributed by atoms with Gasteiger partial charge in [-0.05, 0) is 50.0 Å². The number of ether oxygens (including phenoxy) is 1. The Morgan fingerprint density at radius 3 is 2.92 bits per heavy atom. The standard InChI is InChI=1S/C17H23N3O5S/c1-25-8-7-20-17(22)14-5-4-13(9-15(14)26(20,23)24)16(21)19-11-12-3-2-6-18-10-12/h4-5,9,12,18H,2-3,6-8,10-11H2,1H3,(H,19,21). The third kappa shape index (κ3) is 3.60. The number of nitrogens with zero attached hydrogens (tertiary/aromatic N) is 1. The van der Waals surface area contributed by atoms with Gasteiger partial charge < -0.3 is 15.4 Å². The van der Waals surface area contributed by atoms with Gasteiger partial charge in [-0.1, -0.05) is 0 Å². The fourth-order valence-electron chi connectivity index (χ4n) is 3.25. The van der Waals surface area contributed by atoms with Crippen molar-refractivity contribution in [2.75, 3.05) is 39.9 Å². The average Bonchev–Trinajstić information content (AvgIpc) is 2.84. The van der Waals surface area contributed by atoms with Crippen molar-refractivity contribution < 1.29 is 22.7 Å². The van der Waals surface area contributed by atoms with E-state index in [0.717, 1.165) is 30.2 Å². The summed E-state index contributed by atoms with van der Waals surface area (Å²) in [5.41, 5.74) is 0.326. The number of carbonyl (C=O) groups excluding carboxylic acids is 2. The Morgan fingerprint density at radius 2 is 2.23 bits per heavy atom. The normalized spacial score (nSPS) is 21.5. The average molecular weight is 381 g/mol. The number of hydrogen-bond donors (Lipinski definition) is 2. The third-order valence-electron chi connectivity index (χ3n) is 4.72. The lowest BCUT2D eigenvalue weighted by atomic mass is 9.99. The first-order valence-electron chi connectivity index (χ1n) is 8.64. The van der Waals surface area contributed by atoms with E-state index in [-0.39, 0.29) is 35.1 Å². The quantitative estimate of drug-likeness (QED) is 0.730. The molecule has 0 aliphatic carbocycles. The highest BCUT2D eigenvalue weighted by molar-refractivity contribution is 7.90. The van der Waals surface area contributed by atoms with Crippen molar-refractivity contribution in [2.24, 2.45) is 5.92 Å². The van der Waals surface area contributed by atoms with Crippen molar-refractivity contribution in [2.45, 2.75) is 17.7 Å². The van der Waals surface area contributed by atoms with Crippen LogP contribution in [0, 0.1) is 5.92 Å². The van der Waals surface area contributed by atoms with Crippen LogP contribution in [-0.2, 0) is 14.8 Å². The molecule has 0 spiro atoms. The minimum atomic E-state index is -3.95. The highest BCUT2D eigenvalue weighted by Crippen LogP contribution is 2.30. The molecular formula is C17H23N3O5S. The van der Waals surface area contributed by atoms with Crippen LogP contribution in [0.15, 0.2) is 23.1 Å². The number of hydrogen-bond acceptors (Lipinski definition) is 6. The van der Waals surface area contributed by atoms with Crippen LogP contribution in [0.5, 0.6) is 0 Å². The minimum Gasteiger partial charge on any atom is -0.383 e. The summed E-state index contributed by atoms with van der Waals surface area (Å²) in [6.45, 7) is 2.46. The zero-order valence-corrected chi connectivity index (χ0v) is 15.5. The molecule has 8 nitrogen and oxygen atoms in total. The predicted octanol–water partition coefficient (Wildman–Crippen LogP) is 0.207. The number of methoxy groups -OCH3 is 1. The van der Waals surface area contributed by atoms with Gasteiger partial charge in [-0.3, -0.25) is 9.59 Å². The van der Waals surface area contributed by atoms with Gasteiger partial charge in [0.25, 0.3) is 21.8 Å². The first-order chi connectivity index (χ1) is 12.4. The largest absolute Gasteiger partial charge is 0.383 e. The number of nitrogens with one attached hydrogen (secondary N) is 2. The molecule has 3 rings (SSSR count). The second kappa shape index (κ2) is 7.73. The Labute approximate surface area is 152 Å². The monoisotopic (exact) mass is 381 g/mol. The first kappa shape index (κ1) is 18.8. The number of rotatable bonds is 6. The molecule has 0 aromatic heterocycles. The molecule has 0 bridgehead atoms. The van der Waals surface area contributed by atoms with Crippen molar-refractivity contribution >= 4 is 21.8 Å². The maximum Gasteiger partial charge on any atom is 0.269 e. The summed E-state index contributed by atoms with van der Waals surface area (Å²) in [6, 6.07) is 4.17. The van der Waals surface area contributed by atoms with Gasteiger partial charge in [0.15, 0.2) is 0 Å². The molecule has 1 unspecified atom stereocenters. The first-order valence-corrected chi connectivity index (χ1v) is 10.1. The highest BCUT2D eigenvalue weighted by atomic mass is 32.2. The maximum atomic E-state index is 12.6. The smallest absolute Gasteiger partial charge is 0.269 e. The van der Waals surface area contributed by atoms with Crippen molar-refractivity contribution in [1.29, 1.82) is 0 Å². The fourth-order valence-corrected chi connectivity index (χ4v) is 4.83. The number of fused-ring (bicyclic) bond motifs is 1. The van der Waals surface area contributed by atoms with Gasteiger partial charge in [0.1, 0.15) is 4.90 Å². The van der Waals surface area contributed by atoms with Gasteiger partial charge >= 0.3 is 0 Å². The molecule has 26 heavy (non-hydrogen) atoms. The van der Waals surface area contributed by atoms with Crippen LogP contribution in [-0.4, -0.2) is 64.4 Å². The van der Waals surface area contributed by atoms with Gasteiger partial charge in [-0.15, -0.1) is 0 Å². The SMILES string of the molecule is COCCN1C(=O)c2ccc(C(=O)NCC3CCCNC3)cc2S1(=O)=O. The zero-order valence-electron chi connectivity index (χ0n) is 14.7. The summed E-state index contributed by atoms with van der Waals surface area (Å²) in [5, 5.41) is 6.14. The second-order valence-corrected chi connectivity index (χ2v) is 8.34. The van der Waals surface area contributed by atoms with Crippen LogP contribution in [0.1, 0.15) is 33.6 Å². The molecule has 2 aliphatic heterocycles. The summed E-state index contributed by atoms with van der Waals surface area (Å²) < 4.78 is 30.8. The lowest BCUT2D eigenvalue weighted by Gasteiger charge is -2.22. The van der Waals surface area contributed by atoms with Crippen LogP contribution < -0.4 is 10.6 Å². The van der Waals surface area contributed by atoms with Gasteiger partial charge in [0.05, 0.1) is 18.7 Å². The Morgan fingerprint density at radius 1 is 1.42 bits per heavy atom. The van der Waals surface area contributed by atoms with Gasteiger partial charge in [-0.2, -0.15) is 0 Å². The molecule has 2 heterocycles. The van der Waals surface area contributed by atoms with E-state index < -0.39 is 15.9 Å². The van der Waals surface area contributed by atoms with E-state index in [1.165, 1.54) is 25.3 Å². The summed E-state index contributed by atoms with van der Waals surface area (Å²) in [4.78, 5) is 24.6. The Kier molecular flexibility index (Phi) is 5.59. The molecule has 9 heteroatoms. The Bertz CT molecular complexity index is 803. The van der Waals surface area contributed by atoms with Gasteiger partial charge in [0.2, 0.25) is 0 Å². The van der Waals surface area contributed by atoms with Crippen LogP contribution in [0.25, 0.3) is 0 Å². The van der Waals surface area contributed by atoms with Crippen LogP contribution in [0.3, 0.4) is 0 Å². The van der Waals surface area contributed by atoms with E-state index in [1.54, 1.807) is 0 Å². The maximum absolute atomic E-state index is 12.6. The third-order valence-corrected chi connectivity index (χ3v) is 6.54. The number of carbonyl (C=O) groups is 2. The molecule has 0 saturated carbocycles. The summed E-state index contributed by atoms with van der Waals surface area (Å²) >= 11 is 0. The number of sulfonamides is 1. The Hall–Kier alpha value is -1.97. The molecule has 2 N–H and O–H groups in total. The van der Waals surface area contributed by atoms with Crippen molar-refractivity contribution in [3.8, 4) is 0 Å². The van der Waals surface area contributed by atoms with Gasteiger partial charge in [0, 0.05) is 19.2 Å². The van der Waals surface area contributed by atoms with Crippen LogP contribution >= 0.6 is 0 Å². The molecule has 2 aliphatic rings. The van der Waals surface area contributed by atoms with Crippen molar-refractivity contribution in [3.05, 3.63) is 29.3 Å². The molecule has 1 atom stereocenters. The van der Waals surface area contributed by atoms with E-state index in [0.29, 0.717) is 12.5 Å².